The maximum atomic E-state index is 12.1. The van der Waals surface area contributed by atoms with Crippen LogP contribution in [0.25, 0.3) is 33.1 Å². The number of fused-ring (bicyclic) bond motifs is 3. The molecule has 0 aliphatic heterocycles. The number of nitrogens with two attached hydrogens (primary N) is 1. The van der Waals surface area contributed by atoms with E-state index in [1.807, 2.05) is 48.5 Å². The standard InChI is InChI=1S/C24H17N2O2/c25-24(27)19-8-4-9-20-23(19)18-12-11-17(22-10-5-13-28-22)14-21(18)26(20)15-16-6-2-1-3-7-16/h1-11,13-14H,15H2,(H2,25,27). The van der Waals surface area contributed by atoms with E-state index in [1.165, 1.54) is 5.56 Å². The van der Waals surface area contributed by atoms with Crippen molar-refractivity contribution in [2.24, 2.45) is 5.73 Å². The molecular weight excluding hydrogens is 348 g/mol. The van der Waals surface area contributed by atoms with E-state index in [9.17, 15) is 4.79 Å². The van der Waals surface area contributed by atoms with E-state index in [-0.39, 0.29) is 0 Å². The lowest BCUT2D eigenvalue weighted by molar-refractivity contribution is 0.100. The zero-order valence-electron chi connectivity index (χ0n) is 15.1. The number of nitrogens with zero attached hydrogens (tertiary/aromatic N) is 1. The van der Waals surface area contributed by atoms with Crippen LogP contribution in [-0.2, 0) is 6.54 Å². The van der Waals surface area contributed by atoms with Gasteiger partial charge in [-0.3, -0.25) is 4.79 Å². The summed E-state index contributed by atoms with van der Waals surface area (Å²) in [4.78, 5) is 12.1. The molecule has 5 rings (SSSR count). The number of rotatable bonds is 4. The Morgan fingerprint density at radius 1 is 1.00 bits per heavy atom. The first-order valence-electron chi connectivity index (χ1n) is 9.06. The van der Waals surface area contributed by atoms with Gasteiger partial charge in [0.2, 0.25) is 5.91 Å². The number of hydrogen-bond acceptors (Lipinski definition) is 2. The van der Waals surface area contributed by atoms with Gasteiger partial charge in [0.05, 0.1) is 17.3 Å². The maximum Gasteiger partial charge on any atom is 0.249 e. The predicted octanol–water partition coefficient (Wildman–Crippen LogP) is 5.00. The highest BCUT2D eigenvalue weighted by Gasteiger charge is 2.17. The Morgan fingerprint density at radius 2 is 1.86 bits per heavy atom. The highest BCUT2D eigenvalue weighted by molar-refractivity contribution is 6.18. The van der Waals surface area contributed by atoms with Crippen molar-refractivity contribution in [2.45, 2.75) is 6.54 Å². The molecule has 0 bridgehead atoms. The lowest BCUT2D eigenvalue weighted by Crippen LogP contribution is -2.11. The van der Waals surface area contributed by atoms with Crippen LogP contribution in [0.3, 0.4) is 0 Å². The Labute approximate surface area is 161 Å². The van der Waals surface area contributed by atoms with E-state index < -0.39 is 5.91 Å². The van der Waals surface area contributed by atoms with Crippen LogP contribution in [0.15, 0.2) is 83.5 Å². The fourth-order valence-electron chi connectivity index (χ4n) is 3.78. The topological polar surface area (TPSA) is 61.2 Å². The molecule has 135 valence electrons. The fourth-order valence-corrected chi connectivity index (χ4v) is 3.78. The van der Waals surface area contributed by atoms with Crippen LogP contribution < -0.4 is 5.73 Å². The Balaban J connectivity index is 1.83. The number of aromatic nitrogens is 1. The van der Waals surface area contributed by atoms with Crippen molar-refractivity contribution in [3.05, 3.63) is 96.3 Å². The summed E-state index contributed by atoms with van der Waals surface area (Å²) in [5.74, 6) is 0.345. The third kappa shape index (κ3) is 2.58. The molecule has 1 radical (unpaired) electrons. The van der Waals surface area contributed by atoms with Gasteiger partial charge >= 0.3 is 0 Å². The van der Waals surface area contributed by atoms with Crippen molar-refractivity contribution in [1.29, 1.82) is 0 Å². The van der Waals surface area contributed by atoms with Gasteiger partial charge in [0.15, 0.2) is 0 Å². The Hall–Kier alpha value is -3.79. The van der Waals surface area contributed by atoms with Gasteiger partial charge < -0.3 is 14.7 Å². The van der Waals surface area contributed by atoms with Crippen molar-refractivity contribution < 1.29 is 9.21 Å². The van der Waals surface area contributed by atoms with Crippen LogP contribution in [0.4, 0.5) is 0 Å². The van der Waals surface area contributed by atoms with Gasteiger partial charge in [-0.05, 0) is 48.0 Å². The minimum atomic E-state index is -0.437. The molecule has 28 heavy (non-hydrogen) atoms. The van der Waals surface area contributed by atoms with Gasteiger partial charge in [-0.2, -0.15) is 0 Å². The van der Waals surface area contributed by atoms with Gasteiger partial charge in [0.25, 0.3) is 0 Å². The van der Waals surface area contributed by atoms with Crippen LogP contribution in [0.2, 0.25) is 0 Å². The SMILES string of the molecule is NC(=O)c1cccc2c1c1[c]cc(-c3ccco3)cc1n2Cc1ccccc1. The molecule has 2 N–H and O–H groups in total. The van der Waals surface area contributed by atoms with Crippen molar-refractivity contribution in [2.75, 3.05) is 0 Å². The summed E-state index contributed by atoms with van der Waals surface area (Å²) in [6, 6.07) is 27.0. The van der Waals surface area contributed by atoms with Crippen LogP contribution in [0, 0.1) is 6.07 Å². The van der Waals surface area contributed by atoms with E-state index in [1.54, 1.807) is 12.3 Å². The molecule has 0 saturated heterocycles. The van der Waals surface area contributed by atoms with Gasteiger partial charge in [0, 0.05) is 28.4 Å². The number of benzene rings is 3. The molecule has 0 aliphatic carbocycles. The summed E-state index contributed by atoms with van der Waals surface area (Å²) in [5.41, 5.74) is 10.2. The number of amides is 1. The predicted molar refractivity (Wildman–Crippen MR) is 110 cm³/mol. The normalized spacial score (nSPS) is 11.3. The lowest BCUT2D eigenvalue weighted by atomic mass is 10.0. The molecule has 0 spiro atoms. The molecule has 2 heterocycles. The average molecular weight is 365 g/mol. The zero-order chi connectivity index (χ0) is 19.1. The van der Waals surface area contributed by atoms with Crippen LogP contribution in [0.1, 0.15) is 15.9 Å². The van der Waals surface area contributed by atoms with Crippen LogP contribution >= 0.6 is 0 Å². The van der Waals surface area contributed by atoms with Gasteiger partial charge in [0.1, 0.15) is 5.76 Å². The Morgan fingerprint density at radius 3 is 2.61 bits per heavy atom. The second-order valence-electron chi connectivity index (χ2n) is 6.76. The van der Waals surface area contributed by atoms with Crippen molar-refractivity contribution >= 4 is 27.7 Å². The summed E-state index contributed by atoms with van der Waals surface area (Å²) in [7, 11) is 0. The second-order valence-corrected chi connectivity index (χ2v) is 6.76. The molecule has 0 fully saturated rings. The smallest absolute Gasteiger partial charge is 0.249 e. The number of hydrogen-bond donors (Lipinski definition) is 1. The van der Waals surface area contributed by atoms with Crippen molar-refractivity contribution in [3.63, 3.8) is 0 Å². The van der Waals surface area contributed by atoms with Crippen molar-refractivity contribution in [3.8, 4) is 11.3 Å². The molecule has 0 saturated carbocycles. The third-order valence-electron chi connectivity index (χ3n) is 5.05. The molecule has 5 aromatic rings. The van der Waals surface area contributed by atoms with Gasteiger partial charge in [-0.15, -0.1) is 0 Å². The summed E-state index contributed by atoms with van der Waals surface area (Å²) in [5, 5.41) is 1.72. The Bertz CT molecular complexity index is 1300. The largest absolute Gasteiger partial charge is 0.464 e. The summed E-state index contributed by atoms with van der Waals surface area (Å²) < 4.78 is 7.76. The van der Waals surface area contributed by atoms with E-state index >= 15 is 0 Å². The molecule has 2 aromatic heterocycles. The number of carbonyl (C=O) groups excluding carboxylic acids is 1. The summed E-state index contributed by atoms with van der Waals surface area (Å²) in [6.07, 6.45) is 1.66. The molecule has 1 amide bonds. The van der Waals surface area contributed by atoms with Crippen LogP contribution in [0.5, 0.6) is 0 Å². The van der Waals surface area contributed by atoms with Gasteiger partial charge in [-0.25, -0.2) is 0 Å². The maximum absolute atomic E-state index is 12.1. The van der Waals surface area contributed by atoms with E-state index in [4.69, 9.17) is 10.2 Å². The Kier molecular flexibility index (Phi) is 3.76. The third-order valence-corrected chi connectivity index (χ3v) is 5.05. The zero-order valence-corrected chi connectivity index (χ0v) is 15.1. The number of primary amides is 1. The molecule has 4 heteroatoms. The molecule has 0 aliphatic rings. The molecule has 4 nitrogen and oxygen atoms in total. The van der Waals surface area contributed by atoms with E-state index in [0.717, 1.165) is 33.1 Å². The summed E-state index contributed by atoms with van der Waals surface area (Å²) in [6.45, 7) is 0.679. The van der Waals surface area contributed by atoms with Crippen molar-refractivity contribution in [1.82, 2.24) is 4.57 Å². The monoisotopic (exact) mass is 365 g/mol. The second kappa shape index (κ2) is 6.43. The number of furan rings is 1. The first-order chi connectivity index (χ1) is 13.7. The molecular formula is C24H17N2O2. The molecule has 0 unspecified atom stereocenters. The quantitative estimate of drug-likeness (QED) is 0.487. The number of carbonyl (C=O) groups is 1. The van der Waals surface area contributed by atoms with Gasteiger partial charge in [-0.1, -0.05) is 36.4 Å². The van der Waals surface area contributed by atoms with Crippen LogP contribution in [-0.4, -0.2) is 10.5 Å². The molecule has 0 atom stereocenters. The minimum absolute atomic E-state index is 0.437. The average Bonchev–Trinajstić information content (AvgIpc) is 3.36. The minimum Gasteiger partial charge on any atom is -0.464 e. The highest BCUT2D eigenvalue weighted by Crippen LogP contribution is 2.34. The molecule has 3 aromatic carbocycles. The highest BCUT2D eigenvalue weighted by atomic mass is 16.3. The van der Waals surface area contributed by atoms with E-state index in [2.05, 4.69) is 28.8 Å². The first-order valence-corrected chi connectivity index (χ1v) is 9.06. The lowest BCUT2D eigenvalue weighted by Gasteiger charge is -2.08. The fraction of sp³-hybridized carbons (Fsp3) is 0.0417. The summed E-state index contributed by atoms with van der Waals surface area (Å²) >= 11 is 0. The van der Waals surface area contributed by atoms with E-state index in [0.29, 0.717) is 12.1 Å². The first kappa shape index (κ1) is 16.4.